The van der Waals surface area contributed by atoms with Crippen molar-refractivity contribution in [2.45, 2.75) is 26.2 Å². The highest BCUT2D eigenvalue weighted by atomic mass is 16.5. The number of rotatable bonds is 6. The zero-order chi connectivity index (χ0) is 12.8. The van der Waals surface area contributed by atoms with Gasteiger partial charge in [-0.2, -0.15) is 0 Å². The van der Waals surface area contributed by atoms with Gasteiger partial charge in [0.05, 0.1) is 6.61 Å². The summed E-state index contributed by atoms with van der Waals surface area (Å²) >= 11 is 0. The van der Waals surface area contributed by atoms with Gasteiger partial charge in [0.2, 0.25) is 0 Å². The van der Waals surface area contributed by atoms with Crippen molar-refractivity contribution < 1.29 is 14.3 Å². The van der Waals surface area contributed by atoms with E-state index in [1.807, 2.05) is 24.3 Å². The summed E-state index contributed by atoms with van der Waals surface area (Å²) in [4.78, 5) is 10.7. The lowest BCUT2D eigenvalue weighted by Crippen LogP contribution is -2.08. The van der Waals surface area contributed by atoms with Crippen LogP contribution in [0.1, 0.15) is 31.7 Å². The SMILES string of the molecule is CCCCCOc1ccc2c(c1)C=C(C=O)CO2. The summed E-state index contributed by atoms with van der Waals surface area (Å²) < 4.78 is 11.1. The second-order valence-corrected chi connectivity index (χ2v) is 4.38. The number of aldehydes is 1. The van der Waals surface area contributed by atoms with E-state index in [2.05, 4.69) is 6.92 Å². The molecule has 1 aromatic rings. The van der Waals surface area contributed by atoms with Gasteiger partial charge in [-0.15, -0.1) is 0 Å². The fraction of sp³-hybridized carbons (Fsp3) is 0.400. The van der Waals surface area contributed by atoms with Gasteiger partial charge in [0.15, 0.2) is 0 Å². The Kier molecular flexibility index (Phi) is 4.40. The first kappa shape index (κ1) is 12.7. The number of carbonyl (C=O) groups is 1. The van der Waals surface area contributed by atoms with Gasteiger partial charge in [0, 0.05) is 11.1 Å². The normalized spacial score (nSPS) is 13.3. The molecule has 0 radical (unpaired) electrons. The highest BCUT2D eigenvalue weighted by molar-refractivity contribution is 5.84. The topological polar surface area (TPSA) is 35.5 Å². The average molecular weight is 246 g/mol. The highest BCUT2D eigenvalue weighted by Crippen LogP contribution is 2.29. The predicted molar refractivity (Wildman–Crippen MR) is 71.0 cm³/mol. The molecule has 0 aliphatic carbocycles. The lowest BCUT2D eigenvalue weighted by Gasteiger charge is -2.16. The van der Waals surface area contributed by atoms with Crippen LogP contribution in [0, 0.1) is 0 Å². The van der Waals surface area contributed by atoms with E-state index in [4.69, 9.17) is 9.47 Å². The number of benzene rings is 1. The molecule has 0 saturated carbocycles. The lowest BCUT2D eigenvalue weighted by molar-refractivity contribution is -0.105. The van der Waals surface area contributed by atoms with E-state index in [1.54, 1.807) is 0 Å². The van der Waals surface area contributed by atoms with Crippen molar-refractivity contribution in [1.82, 2.24) is 0 Å². The largest absolute Gasteiger partial charge is 0.494 e. The lowest BCUT2D eigenvalue weighted by atomic mass is 10.1. The van der Waals surface area contributed by atoms with Crippen LogP contribution in [0.15, 0.2) is 23.8 Å². The molecule has 96 valence electrons. The maximum Gasteiger partial charge on any atom is 0.149 e. The molecule has 18 heavy (non-hydrogen) atoms. The minimum atomic E-state index is 0.354. The van der Waals surface area contributed by atoms with Crippen molar-refractivity contribution in [1.29, 1.82) is 0 Å². The highest BCUT2D eigenvalue weighted by Gasteiger charge is 2.11. The van der Waals surface area contributed by atoms with Crippen molar-refractivity contribution >= 4 is 12.4 Å². The van der Waals surface area contributed by atoms with Crippen LogP contribution < -0.4 is 9.47 Å². The van der Waals surface area contributed by atoms with Crippen LogP contribution in [0.4, 0.5) is 0 Å². The van der Waals surface area contributed by atoms with E-state index in [1.165, 1.54) is 12.8 Å². The van der Waals surface area contributed by atoms with Gasteiger partial charge in [-0.3, -0.25) is 4.79 Å². The van der Waals surface area contributed by atoms with Gasteiger partial charge < -0.3 is 9.47 Å². The molecule has 0 amide bonds. The van der Waals surface area contributed by atoms with Crippen LogP contribution in [-0.4, -0.2) is 19.5 Å². The number of fused-ring (bicyclic) bond motifs is 1. The zero-order valence-corrected chi connectivity index (χ0v) is 10.6. The fourth-order valence-corrected chi connectivity index (χ4v) is 1.87. The Labute approximate surface area is 107 Å². The molecular weight excluding hydrogens is 228 g/mol. The number of hydrogen-bond donors (Lipinski definition) is 0. The van der Waals surface area contributed by atoms with E-state index in [0.29, 0.717) is 12.2 Å². The Morgan fingerprint density at radius 2 is 2.28 bits per heavy atom. The van der Waals surface area contributed by atoms with Crippen molar-refractivity contribution in [2.24, 2.45) is 0 Å². The van der Waals surface area contributed by atoms with E-state index >= 15 is 0 Å². The molecule has 0 fully saturated rings. The second-order valence-electron chi connectivity index (χ2n) is 4.38. The Hall–Kier alpha value is -1.77. The first-order chi connectivity index (χ1) is 8.83. The summed E-state index contributed by atoms with van der Waals surface area (Å²) in [5.74, 6) is 1.64. The number of carbonyl (C=O) groups excluding carboxylic acids is 1. The molecule has 1 aromatic carbocycles. The van der Waals surface area contributed by atoms with Crippen LogP contribution in [0.5, 0.6) is 11.5 Å². The zero-order valence-electron chi connectivity index (χ0n) is 10.6. The number of ether oxygens (including phenoxy) is 2. The summed E-state index contributed by atoms with van der Waals surface area (Å²) in [6.07, 6.45) is 6.12. The van der Waals surface area contributed by atoms with Gasteiger partial charge >= 0.3 is 0 Å². The summed E-state index contributed by atoms with van der Waals surface area (Å²) in [5, 5.41) is 0. The first-order valence-corrected chi connectivity index (χ1v) is 6.39. The molecule has 3 heteroatoms. The Bertz CT molecular complexity index is 449. The number of unbranched alkanes of at least 4 members (excludes halogenated alkanes) is 2. The third kappa shape index (κ3) is 3.13. The Balaban J connectivity index is 2.03. The second kappa shape index (κ2) is 6.24. The third-order valence-corrected chi connectivity index (χ3v) is 2.88. The molecule has 0 aromatic heterocycles. The molecule has 0 atom stereocenters. The first-order valence-electron chi connectivity index (χ1n) is 6.39. The summed E-state index contributed by atoms with van der Waals surface area (Å²) in [6.45, 7) is 3.26. The summed E-state index contributed by atoms with van der Waals surface area (Å²) in [6, 6.07) is 5.72. The summed E-state index contributed by atoms with van der Waals surface area (Å²) in [7, 11) is 0. The van der Waals surface area contributed by atoms with Crippen LogP contribution in [0.25, 0.3) is 6.08 Å². The van der Waals surface area contributed by atoms with Gasteiger partial charge in [-0.25, -0.2) is 0 Å². The monoisotopic (exact) mass is 246 g/mol. The Morgan fingerprint density at radius 1 is 1.39 bits per heavy atom. The van der Waals surface area contributed by atoms with Gasteiger partial charge in [0.25, 0.3) is 0 Å². The molecule has 1 aliphatic heterocycles. The van der Waals surface area contributed by atoms with Crippen molar-refractivity contribution in [2.75, 3.05) is 13.2 Å². The van der Waals surface area contributed by atoms with E-state index in [0.717, 1.165) is 36.4 Å². The quantitative estimate of drug-likeness (QED) is 0.571. The van der Waals surface area contributed by atoms with E-state index in [-0.39, 0.29) is 0 Å². The molecule has 1 heterocycles. The van der Waals surface area contributed by atoms with Crippen LogP contribution in [0.2, 0.25) is 0 Å². The minimum Gasteiger partial charge on any atom is -0.494 e. The van der Waals surface area contributed by atoms with Crippen molar-refractivity contribution in [3.63, 3.8) is 0 Å². The molecule has 0 spiro atoms. The van der Waals surface area contributed by atoms with Crippen molar-refractivity contribution in [3.8, 4) is 11.5 Å². The maximum atomic E-state index is 10.7. The average Bonchev–Trinajstić information content (AvgIpc) is 2.42. The molecule has 0 saturated heterocycles. The predicted octanol–water partition coefficient (Wildman–Crippen LogP) is 3.23. The molecule has 1 aliphatic rings. The van der Waals surface area contributed by atoms with Crippen LogP contribution in [-0.2, 0) is 4.79 Å². The van der Waals surface area contributed by atoms with Crippen LogP contribution in [0.3, 0.4) is 0 Å². The molecule has 0 bridgehead atoms. The third-order valence-electron chi connectivity index (χ3n) is 2.88. The molecule has 3 nitrogen and oxygen atoms in total. The number of hydrogen-bond acceptors (Lipinski definition) is 3. The standard InChI is InChI=1S/C15H18O3/c1-2-3-4-7-17-14-5-6-15-13(9-14)8-12(10-16)11-18-15/h5-6,8-10H,2-4,7,11H2,1H3. The summed E-state index contributed by atoms with van der Waals surface area (Å²) in [5.41, 5.74) is 1.57. The molecular formula is C15H18O3. The van der Waals surface area contributed by atoms with Crippen LogP contribution >= 0.6 is 0 Å². The maximum absolute atomic E-state index is 10.7. The van der Waals surface area contributed by atoms with Gasteiger partial charge in [-0.1, -0.05) is 19.8 Å². The molecule has 2 rings (SSSR count). The molecule has 0 N–H and O–H groups in total. The Morgan fingerprint density at radius 3 is 3.06 bits per heavy atom. The smallest absolute Gasteiger partial charge is 0.149 e. The van der Waals surface area contributed by atoms with Crippen molar-refractivity contribution in [3.05, 3.63) is 29.3 Å². The molecule has 0 unspecified atom stereocenters. The fourth-order valence-electron chi connectivity index (χ4n) is 1.87. The van der Waals surface area contributed by atoms with Gasteiger partial charge in [-0.05, 0) is 30.7 Å². The minimum absolute atomic E-state index is 0.354. The van der Waals surface area contributed by atoms with E-state index < -0.39 is 0 Å². The van der Waals surface area contributed by atoms with E-state index in [9.17, 15) is 4.79 Å². The van der Waals surface area contributed by atoms with Gasteiger partial charge in [0.1, 0.15) is 24.4 Å².